The number of urea groups is 1. The first-order valence-corrected chi connectivity index (χ1v) is 11.3. The average molecular weight is 445 g/mol. The molecule has 2 fully saturated rings. The summed E-state index contributed by atoms with van der Waals surface area (Å²) in [5.41, 5.74) is 2.20. The van der Waals surface area contributed by atoms with Gasteiger partial charge in [0.05, 0.1) is 13.2 Å². The van der Waals surface area contributed by atoms with E-state index in [9.17, 15) is 9.18 Å². The Labute approximate surface area is 187 Å². The molecule has 0 spiro atoms. The number of nitrogens with zero attached hydrogens (tertiary/aromatic N) is 1. The lowest BCUT2D eigenvalue weighted by Gasteiger charge is -2.16. The second kappa shape index (κ2) is 9.78. The molecule has 2 amide bonds. The summed E-state index contributed by atoms with van der Waals surface area (Å²) in [6.07, 6.45) is 7.30. The lowest BCUT2D eigenvalue weighted by Crippen LogP contribution is -2.27. The van der Waals surface area contributed by atoms with Gasteiger partial charge in [-0.3, -0.25) is 4.90 Å². The van der Waals surface area contributed by atoms with Gasteiger partial charge in [-0.05, 0) is 80.8 Å². The molecule has 2 aliphatic rings. The topological polar surface area (TPSA) is 69.4 Å². The zero-order valence-electron chi connectivity index (χ0n) is 17.7. The third-order valence-electron chi connectivity index (χ3n) is 5.78. The van der Waals surface area contributed by atoms with Crippen molar-refractivity contribution >= 4 is 29.1 Å². The van der Waals surface area contributed by atoms with Gasteiger partial charge in [-0.1, -0.05) is 18.3 Å². The van der Waals surface area contributed by atoms with Crippen molar-refractivity contribution < 1.29 is 13.9 Å². The predicted octanol–water partition coefficient (Wildman–Crippen LogP) is 4.47. The van der Waals surface area contributed by atoms with E-state index in [0.29, 0.717) is 29.8 Å². The Morgan fingerprint density at radius 3 is 2.90 bits per heavy atom. The molecule has 31 heavy (non-hydrogen) atoms. The fraction of sp³-hybridized carbons (Fsp3) is 0.478. The number of aromatic nitrogens is 1. The standard InChI is InChI=1S/C23H29FN4O2S/c1-15(18-7-8-19(24)20(11-18)30-14-16-5-6-16)25-9-3-2-4-17-10-21(26-12-17)28-13-22(31)27-23(28)29/h7-8,10-12,15-16,25-26H,2-6,9,13-14H2,1H3,(H,27,29,31)/t15-/m1/s1. The lowest BCUT2D eigenvalue weighted by atomic mass is 10.1. The summed E-state index contributed by atoms with van der Waals surface area (Å²) < 4.78 is 19.6. The maximum atomic E-state index is 14.0. The molecule has 2 aromatic rings. The lowest BCUT2D eigenvalue weighted by molar-refractivity contribution is 0.253. The molecule has 1 saturated carbocycles. The summed E-state index contributed by atoms with van der Waals surface area (Å²) in [4.78, 5) is 17.2. The van der Waals surface area contributed by atoms with Crippen molar-refractivity contribution in [2.45, 2.75) is 45.1 Å². The molecule has 1 atom stereocenters. The van der Waals surface area contributed by atoms with Crippen molar-refractivity contribution in [2.75, 3.05) is 24.6 Å². The third-order valence-corrected chi connectivity index (χ3v) is 6.01. The molecule has 166 valence electrons. The third kappa shape index (κ3) is 5.83. The number of H-pyrrole nitrogens is 1. The van der Waals surface area contributed by atoms with Gasteiger partial charge in [0.15, 0.2) is 11.6 Å². The Balaban J connectivity index is 1.18. The van der Waals surface area contributed by atoms with Gasteiger partial charge in [-0.25, -0.2) is 9.18 Å². The highest BCUT2D eigenvalue weighted by Gasteiger charge is 2.26. The molecule has 1 aliphatic carbocycles. The van der Waals surface area contributed by atoms with E-state index in [-0.39, 0.29) is 17.9 Å². The van der Waals surface area contributed by atoms with Crippen molar-refractivity contribution in [3.63, 3.8) is 0 Å². The molecule has 8 heteroatoms. The van der Waals surface area contributed by atoms with Crippen LogP contribution in [0.5, 0.6) is 5.75 Å². The highest BCUT2D eigenvalue weighted by molar-refractivity contribution is 7.80. The molecule has 0 bridgehead atoms. The van der Waals surface area contributed by atoms with Crippen LogP contribution in [0.25, 0.3) is 0 Å². The Kier molecular flexibility index (Phi) is 6.87. The smallest absolute Gasteiger partial charge is 0.328 e. The Morgan fingerprint density at radius 1 is 1.32 bits per heavy atom. The summed E-state index contributed by atoms with van der Waals surface area (Å²) in [6, 6.07) is 7.08. The molecule has 1 aliphatic heterocycles. The SMILES string of the molecule is C[C@@H](NCCCCc1c[nH]c(N2CC(=S)NC2=O)c1)c1ccc(F)c(OCC2CC2)c1. The fourth-order valence-electron chi connectivity index (χ4n) is 3.64. The average Bonchev–Trinajstić information content (AvgIpc) is 3.36. The minimum atomic E-state index is -0.296. The molecular weight excluding hydrogens is 415 g/mol. The van der Waals surface area contributed by atoms with Crippen LogP contribution in [0.4, 0.5) is 15.0 Å². The van der Waals surface area contributed by atoms with Gasteiger partial charge >= 0.3 is 6.03 Å². The first kappa shape index (κ1) is 21.8. The minimum absolute atomic E-state index is 0.125. The van der Waals surface area contributed by atoms with Crippen LogP contribution < -0.4 is 20.3 Å². The molecule has 2 heterocycles. The number of aromatic amines is 1. The molecule has 4 rings (SSSR count). The van der Waals surface area contributed by atoms with Gasteiger partial charge in [-0.2, -0.15) is 0 Å². The van der Waals surface area contributed by atoms with Gasteiger partial charge < -0.3 is 20.4 Å². The molecule has 1 aromatic heterocycles. The number of carbonyl (C=O) groups excluding carboxylic acids is 1. The number of hydrogen-bond donors (Lipinski definition) is 3. The fourth-order valence-corrected chi connectivity index (χ4v) is 3.86. The normalized spacial score (nSPS) is 17.2. The van der Waals surface area contributed by atoms with Crippen LogP contribution in [0.1, 0.15) is 49.8 Å². The largest absolute Gasteiger partial charge is 0.490 e. The molecule has 6 nitrogen and oxygen atoms in total. The van der Waals surface area contributed by atoms with Crippen molar-refractivity contribution in [3.8, 4) is 5.75 Å². The van der Waals surface area contributed by atoms with Gasteiger partial charge in [0.25, 0.3) is 0 Å². The van der Waals surface area contributed by atoms with E-state index in [2.05, 4.69) is 22.5 Å². The molecular formula is C23H29FN4O2S. The molecule has 0 radical (unpaired) electrons. The van der Waals surface area contributed by atoms with Crippen LogP contribution >= 0.6 is 12.2 Å². The van der Waals surface area contributed by atoms with Crippen molar-refractivity contribution in [1.29, 1.82) is 0 Å². The summed E-state index contributed by atoms with van der Waals surface area (Å²) >= 11 is 5.05. The Morgan fingerprint density at radius 2 is 2.16 bits per heavy atom. The zero-order chi connectivity index (χ0) is 21.8. The summed E-state index contributed by atoms with van der Waals surface area (Å²) in [5, 5.41) is 6.15. The number of thiocarbonyl (C=S) groups is 1. The van der Waals surface area contributed by atoms with E-state index >= 15 is 0 Å². The Hall–Kier alpha value is -2.45. The molecule has 1 aromatic carbocycles. The monoisotopic (exact) mass is 444 g/mol. The van der Waals surface area contributed by atoms with Crippen LogP contribution in [-0.2, 0) is 6.42 Å². The van der Waals surface area contributed by atoms with E-state index in [1.165, 1.54) is 24.5 Å². The highest BCUT2D eigenvalue weighted by atomic mass is 32.1. The van der Waals surface area contributed by atoms with Gasteiger partial charge in [0.2, 0.25) is 0 Å². The van der Waals surface area contributed by atoms with Crippen LogP contribution in [0.15, 0.2) is 30.5 Å². The van der Waals surface area contributed by atoms with Crippen molar-refractivity contribution in [3.05, 3.63) is 47.4 Å². The van der Waals surface area contributed by atoms with E-state index in [4.69, 9.17) is 17.0 Å². The second-order valence-electron chi connectivity index (χ2n) is 8.41. The minimum Gasteiger partial charge on any atom is -0.490 e. The van der Waals surface area contributed by atoms with Crippen molar-refractivity contribution in [2.24, 2.45) is 5.92 Å². The second-order valence-corrected chi connectivity index (χ2v) is 8.90. The number of hydrogen-bond acceptors (Lipinski definition) is 4. The number of ether oxygens (including phenoxy) is 1. The number of carbonyl (C=O) groups is 1. The van der Waals surface area contributed by atoms with Crippen LogP contribution in [-0.4, -0.2) is 35.7 Å². The summed E-state index contributed by atoms with van der Waals surface area (Å²) in [6.45, 7) is 3.99. The number of rotatable bonds is 11. The number of halogens is 1. The number of aryl methyl sites for hydroxylation is 1. The quantitative estimate of drug-likeness (QED) is 0.353. The maximum absolute atomic E-state index is 14.0. The molecule has 3 N–H and O–H groups in total. The number of benzene rings is 1. The number of unbranched alkanes of at least 4 members (excludes halogenated alkanes) is 1. The summed E-state index contributed by atoms with van der Waals surface area (Å²) in [5.74, 6) is 1.43. The van der Waals surface area contributed by atoms with E-state index < -0.39 is 0 Å². The Bertz CT molecular complexity index is 943. The van der Waals surface area contributed by atoms with Crippen molar-refractivity contribution in [1.82, 2.24) is 15.6 Å². The number of anilines is 1. The molecule has 1 saturated heterocycles. The first-order chi connectivity index (χ1) is 15.0. The van der Waals surface area contributed by atoms with Crippen LogP contribution in [0.3, 0.4) is 0 Å². The predicted molar refractivity (Wildman–Crippen MR) is 123 cm³/mol. The summed E-state index contributed by atoms with van der Waals surface area (Å²) in [7, 11) is 0. The number of nitrogens with one attached hydrogen (secondary N) is 3. The molecule has 0 unspecified atom stereocenters. The van der Waals surface area contributed by atoms with E-state index in [1.807, 2.05) is 24.4 Å². The van der Waals surface area contributed by atoms with Crippen LogP contribution in [0, 0.1) is 11.7 Å². The van der Waals surface area contributed by atoms with E-state index in [0.717, 1.165) is 37.2 Å². The zero-order valence-corrected chi connectivity index (χ0v) is 18.6. The maximum Gasteiger partial charge on any atom is 0.328 e. The first-order valence-electron chi connectivity index (χ1n) is 10.9. The van der Waals surface area contributed by atoms with E-state index in [1.54, 1.807) is 4.90 Å². The number of amides is 2. The highest BCUT2D eigenvalue weighted by Crippen LogP contribution is 2.31. The van der Waals surface area contributed by atoms with Crippen LogP contribution in [0.2, 0.25) is 0 Å². The van der Waals surface area contributed by atoms with Gasteiger partial charge in [0, 0.05) is 12.2 Å². The van der Waals surface area contributed by atoms with Gasteiger partial charge in [0.1, 0.15) is 10.8 Å². The van der Waals surface area contributed by atoms with Gasteiger partial charge in [-0.15, -0.1) is 0 Å².